The second-order valence-corrected chi connectivity index (χ2v) is 3.88. The number of ketones is 1. The number of nitrogens with two attached hydrogens (primary N) is 1. The summed E-state index contributed by atoms with van der Waals surface area (Å²) in [4.78, 5) is 16.2. The molecule has 1 aromatic rings. The fraction of sp³-hybridized carbons (Fsp3) is 0.500. The van der Waals surface area contributed by atoms with Crippen LogP contribution in [-0.2, 0) is 0 Å². The molecule has 0 saturated carbocycles. The van der Waals surface area contributed by atoms with Crippen molar-refractivity contribution >= 4 is 5.78 Å². The smallest absolute Gasteiger partial charge is 0.184 e. The maximum Gasteiger partial charge on any atom is 0.184 e. The summed E-state index contributed by atoms with van der Waals surface area (Å²) in [6.07, 6.45) is 2.90. The Morgan fingerprint density at radius 3 is 2.40 bits per heavy atom. The summed E-state index contributed by atoms with van der Waals surface area (Å²) in [5.74, 6) is -0.0139. The summed E-state index contributed by atoms with van der Waals surface area (Å²) in [5, 5.41) is 0. The molecule has 0 amide bonds. The van der Waals surface area contributed by atoms with Crippen molar-refractivity contribution < 1.29 is 4.79 Å². The van der Waals surface area contributed by atoms with E-state index in [0.29, 0.717) is 18.4 Å². The van der Waals surface area contributed by atoms with Gasteiger partial charge in [0.2, 0.25) is 0 Å². The van der Waals surface area contributed by atoms with E-state index in [1.807, 2.05) is 26.8 Å². The molecule has 0 fully saturated rings. The zero-order chi connectivity index (χ0) is 11.5. The number of carbonyl (C=O) groups excluding carboxylic acids is 1. The second-order valence-electron chi connectivity index (χ2n) is 3.88. The fourth-order valence-corrected chi connectivity index (χ4v) is 1.46. The van der Waals surface area contributed by atoms with Crippen LogP contribution in [0.25, 0.3) is 0 Å². The van der Waals surface area contributed by atoms with Crippen molar-refractivity contribution in [3.05, 3.63) is 29.6 Å². The molecule has 1 heterocycles. The van der Waals surface area contributed by atoms with Crippen LogP contribution in [0.2, 0.25) is 0 Å². The van der Waals surface area contributed by atoms with Gasteiger partial charge in [-0.05, 0) is 31.9 Å². The van der Waals surface area contributed by atoms with Crippen LogP contribution in [0.3, 0.4) is 0 Å². The monoisotopic (exact) mass is 206 g/mol. The molecule has 15 heavy (non-hydrogen) atoms. The maximum absolute atomic E-state index is 12.1. The zero-order valence-corrected chi connectivity index (χ0v) is 9.58. The zero-order valence-electron chi connectivity index (χ0n) is 9.58. The highest BCUT2D eigenvalue weighted by Gasteiger charge is 2.30. The average molecular weight is 206 g/mol. The number of hydrogen-bond acceptors (Lipinski definition) is 3. The molecular weight excluding hydrogens is 188 g/mol. The van der Waals surface area contributed by atoms with Gasteiger partial charge in [0.25, 0.3) is 0 Å². The van der Waals surface area contributed by atoms with Gasteiger partial charge >= 0.3 is 0 Å². The standard InChI is InChI=1S/C12H18N2O/c1-4-12(13,5-2)11(15)10-7-6-9(3)14-8-10/h6-8H,4-5,13H2,1-3H3. The van der Waals surface area contributed by atoms with Crippen LogP contribution in [0.4, 0.5) is 0 Å². The Bertz CT molecular complexity index is 339. The molecule has 0 spiro atoms. The van der Waals surface area contributed by atoms with Crippen molar-refractivity contribution in [1.82, 2.24) is 4.98 Å². The number of pyridine rings is 1. The highest BCUT2D eigenvalue weighted by molar-refractivity contribution is 6.02. The van der Waals surface area contributed by atoms with E-state index in [2.05, 4.69) is 4.98 Å². The third kappa shape index (κ3) is 2.42. The molecule has 0 saturated heterocycles. The largest absolute Gasteiger partial charge is 0.319 e. The lowest BCUT2D eigenvalue weighted by molar-refractivity contribution is 0.0879. The summed E-state index contributed by atoms with van der Waals surface area (Å²) in [5.41, 5.74) is 6.80. The van der Waals surface area contributed by atoms with E-state index in [0.717, 1.165) is 5.69 Å². The number of aromatic nitrogens is 1. The summed E-state index contributed by atoms with van der Waals surface area (Å²) in [6.45, 7) is 5.76. The van der Waals surface area contributed by atoms with Crippen LogP contribution in [0.1, 0.15) is 42.7 Å². The number of aryl methyl sites for hydroxylation is 1. The lowest BCUT2D eigenvalue weighted by Crippen LogP contribution is -2.46. The van der Waals surface area contributed by atoms with Gasteiger partial charge in [0.05, 0.1) is 5.54 Å². The van der Waals surface area contributed by atoms with Gasteiger partial charge in [-0.15, -0.1) is 0 Å². The highest BCUT2D eigenvalue weighted by Crippen LogP contribution is 2.17. The molecule has 0 aliphatic heterocycles. The minimum absolute atomic E-state index is 0.0139. The van der Waals surface area contributed by atoms with E-state index in [4.69, 9.17) is 5.73 Å². The van der Waals surface area contributed by atoms with Gasteiger partial charge in [-0.2, -0.15) is 0 Å². The molecule has 1 rings (SSSR count). The van der Waals surface area contributed by atoms with Gasteiger partial charge < -0.3 is 5.73 Å². The average Bonchev–Trinajstić information content (AvgIpc) is 2.28. The van der Waals surface area contributed by atoms with Gasteiger partial charge in [-0.1, -0.05) is 13.8 Å². The van der Waals surface area contributed by atoms with Crippen LogP contribution < -0.4 is 5.73 Å². The van der Waals surface area contributed by atoms with Crippen LogP contribution in [0.5, 0.6) is 0 Å². The van der Waals surface area contributed by atoms with Crippen molar-refractivity contribution in [1.29, 1.82) is 0 Å². The Labute approximate surface area is 90.7 Å². The lowest BCUT2D eigenvalue weighted by atomic mass is 9.86. The number of rotatable bonds is 4. The van der Waals surface area contributed by atoms with E-state index in [1.165, 1.54) is 0 Å². The van der Waals surface area contributed by atoms with Gasteiger partial charge in [-0.3, -0.25) is 9.78 Å². The first-order valence-corrected chi connectivity index (χ1v) is 5.30. The fourth-order valence-electron chi connectivity index (χ4n) is 1.46. The van der Waals surface area contributed by atoms with Crippen molar-refractivity contribution in [2.24, 2.45) is 5.73 Å². The second kappa shape index (κ2) is 4.53. The van der Waals surface area contributed by atoms with Crippen molar-refractivity contribution in [2.45, 2.75) is 39.2 Å². The quantitative estimate of drug-likeness (QED) is 0.767. The topological polar surface area (TPSA) is 56.0 Å². The SMILES string of the molecule is CCC(N)(CC)C(=O)c1ccc(C)nc1. The highest BCUT2D eigenvalue weighted by atomic mass is 16.1. The van der Waals surface area contributed by atoms with E-state index >= 15 is 0 Å². The van der Waals surface area contributed by atoms with Gasteiger partial charge in [0.15, 0.2) is 5.78 Å². The Morgan fingerprint density at radius 2 is 2.00 bits per heavy atom. The number of carbonyl (C=O) groups is 1. The van der Waals surface area contributed by atoms with E-state index in [-0.39, 0.29) is 5.78 Å². The van der Waals surface area contributed by atoms with Crippen molar-refractivity contribution in [2.75, 3.05) is 0 Å². The van der Waals surface area contributed by atoms with Crippen LogP contribution in [0.15, 0.2) is 18.3 Å². The molecule has 3 heteroatoms. The molecule has 0 aromatic carbocycles. The third-order valence-corrected chi connectivity index (χ3v) is 2.89. The number of nitrogens with zero attached hydrogens (tertiary/aromatic N) is 1. The summed E-state index contributed by atoms with van der Waals surface area (Å²) in [6, 6.07) is 3.62. The molecule has 3 nitrogen and oxygen atoms in total. The maximum atomic E-state index is 12.1. The Morgan fingerprint density at radius 1 is 1.40 bits per heavy atom. The molecule has 0 aliphatic rings. The molecule has 0 radical (unpaired) electrons. The van der Waals surface area contributed by atoms with Crippen LogP contribution in [-0.4, -0.2) is 16.3 Å². The first kappa shape index (κ1) is 11.9. The first-order chi connectivity index (χ1) is 7.03. The molecule has 82 valence electrons. The van der Waals surface area contributed by atoms with Crippen molar-refractivity contribution in [3.8, 4) is 0 Å². The molecule has 2 N–H and O–H groups in total. The van der Waals surface area contributed by atoms with Gasteiger partial charge in [-0.25, -0.2) is 0 Å². The van der Waals surface area contributed by atoms with E-state index < -0.39 is 5.54 Å². The Balaban J connectivity index is 2.98. The summed E-state index contributed by atoms with van der Waals surface area (Å²) < 4.78 is 0. The molecule has 1 aromatic heterocycles. The van der Waals surface area contributed by atoms with Crippen molar-refractivity contribution in [3.63, 3.8) is 0 Å². The number of Topliss-reactive ketones (excluding diaryl/α,β-unsaturated/α-hetero) is 1. The summed E-state index contributed by atoms with van der Waals surface area (Å²) in [7, 11) is 0. The molecular formula is C12H18N2O. The summed E-state index contributed by atoms with van der Waals surface area (Å²) >= 11 is 0. The minimum Gasteiger partial charge on any atom is -0.319 e. The third-order valence-electron chi connectivity index (χ3n) is 2.89. The predicted octanol–water partition coefficient (Wildman–Crippen LogP) is 2.09. The first-order valence-electron chi connectivity index (χ1n) is 5.30. The van der Waals surface area contributed by atoms with Crippen LogP contribution >= 0.6 is 0 Å². The normalized spacial score (nSPS) is 11.5. The minimum atomic E-state index is -0.739. The predicted molar refractivity (Wildman–Crippen MR) is 60.8 cm³/mol. The van der Waals surface area contributed by atoms with Gasteiger partial charge in [0, 0.05) is 17.5 Å². The Hall–Kier alpha value is -1.22. The molecule has 0 bridgehead atoms. The molecule has 0 atom stereocenters. The number of hydrogen-bond donors (Lipinski definition) is 1. The Kier molecular flexibility index (Phi) is 3.58. The molecule has 0 unspecified atom stereocenters. The lowest BCUT2D eigenvalue weighted by Gasteiger charge is -2.24. The van der Waals surface area contributed by atoms with E-state index in [1.54, 1.807) is 12.3 Å². The molecule has 0 aliphatic carbocycles. The van der Waals surface area contributed by atoms with Crippen LogP contribution in [0, 0.1) is 6.92 Å². The van der Waals surface area contributed by atoms with E-state index in [9.17, 15) is 4.79 Å². The van der Waals surface area contributed by atoms with Gasteiger partial charge in [0.1, 0.15) is 0 Å².